The van der Waals surface area contributed by atoms with Crippen LogP contribution < -0.4 is 4.90 Å². The molecule has 1 unspecified atom stereocenters. The molecule has 5 rings (SSSR count). The van der Waals surface area contributed by atoms with Crippen LogP contribution >= 0.6 is 0 Å². The number of anilines is 1. The predicted octanol–water partition coefficient (Wildman–Crippen LogP) is 4.88. The van der Waals surface area contributed by atoms with Crippen molar-refractivity contribution in [3.05, 3.63) is 78.7 Å². The van der Waals surface area contributed by atoms with Gasteiger partial charge in [-0.15, -0.1) is 10.2 Å². The lowest BCUT2D eigenvalue weighted by Crippen LogP contribution is -2.48. The molecule has 0 radical (unpaired) electrons. The van der Waals surface area contributed by atoms with E-state index >= 15 is 4.39 Å². The summed E-state index contributed by atoms with van der Waals surface area (Å²) in [6, 6.07) is 5.48. The molecule has 1 aromatic heterocycles. The van der Waals surface area contributed by atoms with Crippen LogP contribution in [0.3, 0.4) is 0 Å². The van der Waals surface area contributed by atoms with Crippen molar-refractivity contribution in [2.45, 2.75) is 63.4 Å². The summed E-state index contributed by atoms with van der Waals surface area (Å²) < 4.78 is 46.2. The molecule has 0 spiro atoms. The van der Waals surface area contributed by atoms with E-state index in [1.54, 1.807) is 36.9 Å². The van der Waals surface area contributed by atoms with E-state index in [9.17, 15) is 8.42 Å². The highest BCUT2D eigenvalue weighted by atomic mass is 32.2. The molecule has 2 aliphatic heterocycles. The predicted molar refractivity (Wildman–Crippen MR) is 144 cm³/mol. The van der Waals surface area contributed by atoms with Gasteiger partial charge in [-0.05, 0) is 69.1 Å². The molecular formula is C28H36FN5O2S. The lowest BCUT2D eigenvalue weighted by molar-refractivity contribution is 0.270. The number of halogens is 1. The standard InChI is InChI=1S/C28H36FN5O2S/c1-4-6-7-21(5-2)27-13-8-20(3)34(37(27,35)36)17-22-11-12-25(14-26(22)29)32-15-23-9-10-24(16-32)28(23)33-18-30-31-19-33/h4-7,11-12,14,18-20,23-24,27-28H,2,8-10,13,15-17H2,1,3H3/b6-4-,21-7+/t20-,23-,24+,27+,28?/m0/s1. The molecule has 1 aliphatic carbocycles. The summed E-state index contributed by atoms with van der Waals surface area (Å²) in [6.45, 7) is 9.37. The maximum absolute atomic E-state index is 15.4. The zero-order valence-corrected chi connectivity index (χ0v) is 22.4. The van der Waals surface area contributed by atoms with E-state index in [-0.39, 0.29) is 18.4 Å². The van der Waals surface area contributed by atoms with E-state index in [2.05, 4.69) is 26.2 Å². The van der Waals surface area contributed by atoms with Crippen LogP contribution in [0, 0.1) is 17.7 Å². The van der Waals surface area contributed by atoms with Crippen LogP contribution in [0.2, 0.25) is 0 Å². The highest BCUT2D eigenvalue weighted by Crippen LogP contribution is 2.46. The van der Waals surface area contributed by atoms with Crippen molar-refractivity contribution in [2.24, 2.45) is 11.8 Å². The molecule has 3 aliphatic rings. The fourth-order valence-electron chi connectivity index (χ4n) is 6.48. The summed E-state index contributed by atoms with van der Waals surface area (Å²) in [5, 5.41) is 7.30. The van der Waals surface area contributed by atoms with Crippen LogP contribution in [0.1, 0.15) is 51.1 Å². The van der Waals surface area contributed by atoms with Gasteiger partial charge >= 0.3 is 0 Å². The first-order valence-electron chi connectivity index (χ1n) is 13.2. The van der Waals surface area contributed by atoms with Gasteiger partial charge in [-0.3, -0.25) is 0 Å². The fraction of sp³-hybridized carbons (Fsp3) is 0.500. The van der Waals surface area contributed by atoms with Gasteiger partial charge in [-0.25, -0.2) is 12.8 Å². The first-order chi connectivity index (χ1) is 17.8. The molecule has 3 heterocycles. The largest absolute Gasteiger partial charge is 0.371 e. The maximum atomic E-state index is 15.4. The lowest BCUT2D eigenvalue weighted by atomic mass is 9.91. The van der Waals surface area contributed by atoms with Crippen molar-refractivity contribution in [3.8, 4) is 0 Å². The van der Waals surface area contributed by atoms with Crippen molar-refractivity contribution in [1.29, 1.82) is 0 Å². The molecule has 5 atom stereocenters. The van der Waals surface area contributed by atoms with Crippen molar-refractivity contribution < 1.29 is 12.8 Å². The summed E-state index contributed by atoms with van der Waals surface area (Å²) in [5.74, 6) is 0.593. The smallest absolute Gasteiger partial charge is 0.221 e. The molecule has 198 valence electrons. The molecule has 37 heavy (non-hydrogen) atoms. The van der Waals surface area contributed by atoms with Gasteiger partial charge in [0.2, 0.25) is 10.0 Å². The third-order valence-electron chi connectivity index (χ3n) is 8.41. The Kier molecular flexibility index (Phi) is 7.36. The van der Waals surface area contributed by atoms with E-state index in [1.807, 2.05) is 32.1 Å². The average Bonchev–Trinajstić information content (AvgIpc) is 3.49. The molecule has 9 heteroatoms. The Morgan fingerprint density at radius 3 is 2.46 bits per heavy atom. The van der Waals surface area contributed by atoms with E-state index in [0.717, 1.165) is 38.0 Å². The molecule has 1 saturated carbocycles. The van der Waals surface area contributed by atoms with Crippen molar-refractivity contribution >= 4 is 15.7 Å². The van der Waals surface area contributed by atoms with Gasteiger partial charge < -0.3 is 9.47 Å². The molecule has 7 nitrogen and oxygen atoms in total. The number of sulfonamides is 1. The van der Waals surface area contributed by atoms with Gasteiger partial charge in [-0.2, -0.15) is 4.31 Å². The van der Waals surface area contributed by atoms with Gasteiger partial charge in [0, 0.05) is 43.0 Å². The summed E-state index contributed by atoms with van der Waals surface area (Å²) >= 11 is 0. The first-order valence-corrected chi connectivity index (χ1v) is 14.7. The molecule has 0 N–H and O–H groups in total. The quantitative estimate of drug-likeness (QED) is 0.482. The van der Waals surface area contributed by atoms with Crippen molar-refractivity contribution in [2.75, 3.05) is 18.0 Å². The second kappa shape index (κ2) is 10.5. The Labute approximate surface area is 219 Å². The summed E-state index contributed by atoms with van der Waals surface area (Å²) in [6.07, 6.45) is 14.2. The van der Waals surface area contributed by atoms with Gasteiger partial charge in [0.05, 0.1) is 0 Å². The van der Waals surface area contributed by atoms with E-state index < -0.39 is 15.3 Å². The minimum Gasteiger partial charge on any atom is -0.371 e. The number of hydrogen-bond donors (Lipinski definition) is 0. The van der Waals surface area contributed by atoms with Crippen LogP contribution in [-0.4, -0.2) is 51.9 Å². The molecule has 2 aromatic rings. The third kappa shape index (κ3) is 4.91. The molecule has 2 bridgehead atoms. The average molecular weight is 526 g/mol. The summed E-state index contributed by atoms with van der Waals surface area (Å²) in [5.41, 5.74) is 1.94. The number of fused-ring (bicyclic) bond motifs is 2. The van der Waals surface area contributed by atoms with E-state index in [4.69, 9.17) is 0 Å². The van der Waals surface area contributed by atoms with E-state index in [1.165, 1.54) is 4.31 Å². The molecule has 0 amide bonds. The van der Waals surface area contributed by atoms with Crippen LogP contribution in [0.4, 0.5) is 10.1 Å². The van der Waals surface area contributed by atoms with Gasteiger partial charge in [0.25, 0.3) is 0 Å². The third-order valence-corrected chi connectivity index (χ3v) is 10.8. The Hall–Kier alpha value is -2.78. The summed E-state index contributed by atoms with van der Waals surface area (Å²) in [7, 11) is -3.66. The molecule has 2 saturated heterocycles. The lowest BCUT2D eigenvalue weighted by Gasteiger charge is -2.40. The maximum Gasteiger partial charge on any atom is 0.221 e. The molecule has 3 fully saturated rings. The van der Waals surface area contributed by atoms with Crippen LogP contribution in [-0.2, 0) is 16.6 Å². The van der Waals surface area contributed by atoms with Gasteiger partial charge in [-0.1, -0.05) is 36.9 Å². The zero-order chi connectivity index (χ0) is 26.2. The fourth-order valence-corrected chi connectivity index (χ4v) is 8.69. The second-order valence-electron chi connectivity index (χ2n) is 10.6. The zero-order valence-electron chi connectivity index (χ0n) is 21.6. The number of rotatable bonds is 7. The number of hydrogen-bond acceptors (Lipinski definition) is 5. The molecule has 1 aromatic carbocycles. The van der Waals surface area contributed by atoms with Crippen molar-refractivity contribution in [3.63, 3.8) is 0 Å². The van der Waals surface area contributed by atoms with E-state index in [0.29, 0.717) is 35.4 Å². The Morgan fingerprint density at radius 1 is 1.14 bits per heavy atom. The Morgan fingerprint density at radius 2 is 1.84 bits per heavy atom. The minimum atomic E-state index is -3.66. The number of aromatic nitrogens is 3. The number of allylic oxidation sites excluding steroid dienone is 4. The number of benzene rings is 1. The highest BCUT2D eigenvalue weighted by molar-refractivity contribution is 7.90. The van der Waals surface area contributed by atoms with Crippen molar-refractivity contribution in [1.82, 2.24) is 19.1 Å². The monoisotopic (exact) mass is 525 g/mol. The summed E-state index contributed by atoms with van der Waals surface area (Å²) in [4.78, 5) is 2.27. The van der Waals surface area contributed by atoms with Crippen LogP contribution in [0.5, 0.6) is 0 Å². The van der Waals surface area contributed by atoms with Crippen LogP contribution in [0.25, 0.3) is 0 Å². The van der Waals surface area contributed by atoms with Gasteiger partial charge in [0.15, 0.2) is 0 Å². The SMILES string of the molecule is C=C/C(=C\C=C/C)[C@H]1CC[C@H](C)N(Cc2ccc(N3C[C@H]4CC[C@@H](C3)C4n3cnnc3)cc2F)S1(=O)=O. The normalized spacial score (nSPS) is 30.2. The molecular weight excluding hydrogens is 489 g/mol. The number of piperidine rings is 1. The van der Waals surface area contributed by atoms with Crippen LogP contribution in [0.15, 0.2) is 67.3 Å². The Bertz CT molecular complexity index is 1280. The minimum absolute atomic E-state index is 0.0289. The number of nitrogens with zero attached hydrogens (tertiary/aromatic N) is 5. The van der Waals surface area contributed by atoms with Gasteiger partial charge in [0.1, 0.15) is 23.7 Å². The Balaban J connectivity index is 1.33. The first kappa shape index (κ1) is 25.9. The highest BCUT2D eigenvalue weighted by Gasteiger charge is 2.44. The topological polar surface area (TPSA) is 71.3 Å². The second-order valence-corrected chi connectivity index (χ2v) is 12.6.